The Balaban J connectivity index is 2.33. The van der Waals surface area contributed by atoms with Gasteiger partial charge in [0, 0.05) is 10.9 Å². The summed E-state index contributed by atoms with van der Waals surface area (Å²) in [6, 6.07) is 11.3. The number of carboxylic acids is 1. The molecule has 128 valence electrons. The summed E-state index contributed by atoms with van der Waals surface area (Å²) in [7, 11) is 0. The summed E-state index contributed by atoms with van der Waals surface area (Å²) in [6.07, 6.45) is 0. The summed E-state index contributed by atoms with van der Waals surface area (Å²) in [5, 5.41) is 20.7. The molecule has 25 heavy (non-hydrogen) atoms. The second-order valence-electron chi connectivity index (χ2n) is 6.67. The lowest BCUT2D eigenvalue weighted by Gasteiger charge is -2.14. The van der Waals surface area contributed by atoms with Gasteiger partial charge in [-0.25, -0.2) is 9.78 Å². The van der Waals surface area contributed by atoms with Crippen LogP contribution < -0.4 is 0 Å². The Morgan fingerprint density at radius 1 is 1.04 bits per heavy atom. The van der Waals surface area contributed by atoms with Gasteiger partial charge < -0.3 is 10.2 Å². The molecule has 0 radical (unpaired) electrons. The Morgan fingerprint density at radius 2 is 1.68 bits per heavy atom. The topological polar surface area (TPSA) is 70.4 Å². The Kier molecular flexibility index (Phi) is 4.21. The van der Waals surface area contributed by atoms with Crippen LogP contribution in [0.25, 0.3) is 22.2 Å². The minimum absolute atomic E-state index is 0.101. The molecule has 2 N–H and O–H groups in total. The highest BCUT2D eigenvalue weighted by molar-refractivity contribution is 6.08. The van der Waals surface area contributed by atoms with E-state index in [2.05, 4.69) is 18.8 Å². The molecule has 3 aromatic rings. The first-order valence-corrected chi connectivity index (χ1v) is 8.27. The number of aryl methyl sites for hydroxylation is 2. The third-order valence-electron chi connectivity index (χ3n) is 4.72. The van der Waals surface area contributed by atoms with E-state index < -0.39 is 5.97 Å². The summed E-state index contributed by atoms with van der Waals surface area (Å²) in [5.74, 6) is -1.06. The molecule has 0 saturated carbocycles. The van der Waals surface area contributed by atoms with E-state index in [0.717, 1.165) is 11.1 Å². The van der Waals surface area contributed by atoms with Gasteiger partial charge >= 0.3 is 5.97 Å². The van der Waals surface area contributed by atoms with Crippen LogP contribution in [-0.2, 0) is 0 Å². The standard InChI is InChI=1S/C21H21NO3/c1-11(2)14-6-8-15(9-7-14)19-20(23)17(21(24)25)16-10-5-12(3)13(4)18(16)22-19/h5-11,23H,1-4H3,(H,24,25). The number of fused-ring (bicyclic) bond motifs is 1. The minimum Gasteiger partial charge on any atom is -0.505 e. The summed E-state index contributed by atoms with van der Waals surface area (Å²) < 4.78 is 0. The predicted octanol–water partition coefficient (Wildman–Crippen LogP) is 5.05. The van der Waals surface area contributed by atoms with Crippen molar-refractivity contribution in [2.75, 3.05) is 0 Å². The molecule has 3 rings (SSSR count). The van der Waals surface area contributed by atoms with Crippen molar-refractivity contribution in [2.24, 2.45) is 0 Å². The van der Waals surface area contributed by atoms with Crippen molar-refractivity contribution in [3.8, 4) is 17.0 Å². The summed E-state index contributed by atoms with van der Waals surface area (Å²) in [5.41, 5.74) is 4.63. The lowest BCUT2D eigenvalue weighted by Crippen LogP contribution is -2.03. The number of hydrogen-bond donors (Lipinski definition) is 2. The van der Waals surface area contributed by atoms with Crippen LogP contribution in [-0.4, -0.2) is 21.2 Å². The molecule has 4 nitrogen and oxygen atoms in total. The van der Waals surface area contributed by atoms with Gasteiger partial charge in [0.25, 0.3) is 0 Å². The van der Waals surface area contributed by atoms with Crippen LogP contribution in [0.1, 0.15) is 46.8 Å². The maximum absolute atomic E-state index is 11.8. The number of aromatic hydroxyl groups is 1. The molecule has 0 spiro atoms. The van der Waals surface area contributed by atoms with Crippen LogP contribution in [0.5, 0.6) is 5.75 Å². The van der Waals surface area contributed by atoms with Crippen molar-refractivity contribution in [1.29, 1.82) is 0 Å². The first-order chi connectivity index (χ1) is 11.8. The van der Waals surface area contributed by atoms with Crippen LogP contribution in [0.2, 0.25) is 0 Å². The molecule has 0 aliphatic rings. The Labute approximate surface area is 146 Å². The second-order valence-corrected chi connectivity index (χ2v) is 6.67. The van der Waals surface area contributed by atoms with Gasteiger partial charge in [0.05, 0.1) is 5.52 Å². The molecule has 0 atom stereocenters. The van der Waals surface area contributed by atoms with Crippen LogP contribution in [0.4, 0.5) is 0 Å². The fraction of sp³-hybridized carbons (Fsp3) is 0.238. The van der Waals surface area contributed by atoms with Crippen molar-refractivity contribution in [3.05, 3.63) is 58.7 Å². The second kappa shape index (κ2) is 6.20. The maximum atomic E-state index is 11.8. The molecule has 0 aliphatic carbocycles. The largest absolute Gasteiger partial charge is 0.505 e. The summed E-state index contributed by atoms with van der Waals surface area (Å²) in [6.45, 7) is 8.09. The molecule has 1 heterocycles. The minimum atomic E-state index is -1.16. The zero-order chi connectivity index (χ0) is 18.3. The van der Waals surface area contributed by atoms with Crippen LogP contribution in [0.3, 0.4) is 0 Å². The molecule has 0 unspecified atom stereocenters. The number of carboxylic acid groups (broad SMARTS) is 1. The van der Waals surface area contributed by atoms with E-state index in [1.54, 1.807) is 6.07 Å². The van der Waals surface area contributed by atoms with E-state index >= 15 is 0 Å². The SMILES string of the molecule is Cc1ccc2c(C(=O)O)c(O)c(-c3ccc(C(C)C)cc3)nc2c1C. The Morgan fingerprint density at radius 3 is 2.24 bits per heavy atom. The molecule has 2 aromatic carbocycles. The molecule has 4 heteroatoms. The smallest absolute Gasteiger partial charge is 0.340 e. The van der Waals surface area contributed by atoms with Gasteiger partial charge in [-0.3, -0.25) is 0 Å². The van der Waals surface area contributed by atoms with E-state index in [4.69, 9.17) is 0 Å². The molecule has 0 aliphatic heterocycles. The lowest BCUT2D eigenvalue weighted by molar-refractivity contribution is 0.0696. The first-order valence-electron chi connectivity index (χ1n) is 8.27. The first kappa shape index (κ1) is 17.0. The number of hydrogen-bond acceptors (Lipinski definition) is 3. The van der Waals surface area contributed by atoms with Crippen LogP contribution >= 0.6 is 0 Å². The van der Waals surface area contributed by atoms with Gasteiger partial charge in [0.1, 0.15) is 11.3 Å². The number of rotatable bonds is 3. The van der Waals surface area contributed by atoms with Crippen molar-refractivity contribution in [2.45, 2.75) is 33.6 Å². The van der Waals surface area contributed by atoms with Crippen LogP contribution in [0.15, 0.2) is 36.4 Å². The normalized spacial score (nSPS) is 11.2. The molecule has 0 amide bonds. The number of carbonyl (C=O) groups is 1. The molecule has 0 bridgehead atoms. The van der Waals surface area contributed by atoms with E-state index in [-0.39, 0.29) is 11.3 Å². The van der Waals surface area contributed by atoms with E-state index in [0.29, 0.717) is 28.1 Å². The average Bonchev–Trinajstić information content (AvgIpc) is 2.57. The quantitative estimate of drug-likeness (QED) is 0.703. The van der Waals surface area contributed by atoms with E-state index in [1.165, 1.54) is 5.56 Å². The highest BCUT2D eigenvalue weighted by Crippen LogP contribution is 2.37. The van der Waals surface area contributed by atoms with Crippen molar-refractivity contribution < 1.29 is 15.0 Å². The Bertz CT molecular complexity index is 973. The highest BCUT2D eigenvalue weighted by atomic mass is 16.4. The maximum Gasteiger partial charge on any atom is 0.340 e. The lowest BCUT2D eigenvalue weighted by atomic mass is 9.96. The number of aromatic nitrogens is 1. The highest BCUT2D eigenvalue weighted by Gasteiger charge is 2.22. The van der Waals surface area contributed by atoms with E-state index in [1.807, 2.05) is 44.2 Å². The van der Waals surface area contributed by atoms with Crippen molar-refractivity contribution in [3.63, 3.8) is 0 Å². The zero-order valence-electron chi connectivity index (χ0n) is 14.8. The van der Waals surface area contributed by atoms with Gasteiger partial charge in [0.15, 0.2) is 5.75 Å². The fourth-order valence-corrected chi connectivity index (χ4v) is 3.00. The number of aromatic carboxylic acids is 1. The van der Waals surface area contributed by atoms with Crippen molar-refractivity contribution >= 4 is 16.9 Å². The number of nitrogens with zero attached hydrogens (tertiary/aromatic N) is 1. The van der Waals surface area contributed by atoms with Gasteiger partial charge in [-0.1, -0.05) is 50.2 Å². The van der Waals surface area contributed by atoms with Crippen LogP contribution in [0, 0.1) is 13.8 Å². The average molecular weight is 335 g/mol. The molecule has 0 saturated heterocycles. The van der Waals surface area contributed by atoms with Gasteiger partial charge in [0.2, 0.25) is 0 Å². The van der Waals surface area contributed by atoms with E-state index in [9.17, 15) is 15.0 Å². The fourth-order valence-electron chi connectivity index (χ4n) is 3.00. The third-order valence-corrected chi connectivity index (χ3v) is 4.72. The molecular weight excluding hydrogens is 314 g/mol. The summed E-state index contributed by atoms with van der Waals surface area (Å²) >= 11 is 0. The molecular formula is C21H21NO3. The van der Waals surface area contributed by atoms with Gasteiger partial charge in [-0.05, 0) is 36.5 Å². The van der Waals surface area contributed by atoms with Crippen molar-refractivity contribution in [1.82, 2.24) is 4.98 Å². The number of pyridine rings is 1. The third kappa shape index (κ3) is 2.84. The summed E-state index contributed by atoms with van der Waals surface area (Å²) in [4.78, 5) is 16.4. The molecule has 0 fully saturated rings. The zero-order valence-corrected chi connectivity index (χ0v) is 14.8. The monoisotopic (exact) mass is 335 g/mol. The Hall–Kier alpha value is -2.88. The van der Waals surface area contributed by atoms with Gasteiger partial charge in [-0.2, -0.15) is 0 Å². The van der Waals surface area contributed by atoms with Gasteiger partial charge in [-0.15, -0.1) is 0 Å². The number of benzene rings is 2. The molecule has 1 aromatic heterocycles. The predicted molar refractivity (Wildman–Crippen MR) is 99.4 cm³/mol.